The Morgan fingerprint density at radius 3 is 2.37 bits per heavy atom. The van der Waals surface area contributed by atoms with Gasteiger partial charge in [-0.15, -0.1) is 0 Å². The van der Waals surface area contributed by atoms with Crippen LogP contribution in [0.3, 0.4) is 0 Å². The summed E-state index contributed by atoms with van der Waals surface area (Å²) in [6, 6.07) is 6.96. The second-order valence-corrected chi connectivity index (χ2v) is 9.04. The minimum Gasteiger partial charge on any atom is -0.343 e. The summed E-state index contributed by atoms with van der Waals surface area (Å²) in [7, 11) is 0. The third-order valence-corrected chi connectivity index (χ3v) is 7.21. The van der Waals surface area contributed by atoms with Crippen molar-refractivity contribution < 1.29 is 14.0 Å². The van der Waals surface area contributed by atoms with Gasteiger partial charge in [0.15, 0.2) is 0 Å². The summed E-state index contributed by atoms with van der Waals surface area (Å²) in [5, 5.41) is 0. The number of hydrogen-bond donors (Lipinski definition) is 0. The van der Waals surface area contributed by atoms with Crippen molar-refractivity contribution in [2.45, 2.75) is 51.6 Å². The third-order valence-electron chi connectivity index (χ3n) is 7.21. The molecule has 4 rings (SSSR count). The number of benzene rings is 1. The normalized spacial score (nSPS) is 23.1. The average molecular weight is 414 g/mol. The Hall–Kier alpha value is -2.21. The van der Waals surface area contributed by atoms with Gasteiger partial charge in [-0.05, 0) is 62.9 Å². The van der Waals surface area contributed by atoms with Gasteiger partial charge in [0.2, 0.25) is 11.8 Å². The first-order chi connectivity index (χ1) is 14.5. The molecule has 3 heterocycles. The van der Waals surface area contributed by atoms with E-state index in [0.717, 1.165) is 63.8 Å². The summed E-state index contributed by atoms with van der Waals surface area (Å²) in [5.41, 5.74) is 0.647. The number of amides is 2. The molecule has 3 aliphatic heterocycles. The van der Waals surface area contributed by atoms with Gasteiger partial charge < -0.3 is 14.7 Å². The van der Waals surface area contributed by atoms with Crippen LogP contribution in [0.25, 0.3) is 0 Å². The maximum Gasteiger partial charge on any atom is 0.229 e. The van der Waals surface area contributed by atoms with Crippen molar-refractivity contribution in [2.24, 2.45) is 5.41 Å². The molecule has 30 heavy (non-hydrogen) atoms. The van der Waals surface area contributed by atoms with Crippen LogP contribution in [0.15, 0.2) is 36.4 Å². The maximum atomic E-state index is 13.5. The van der Waals surface area contributed by atoms with Crippen LogP contribution >= 0.6 is 0 Å². The fourth-order valence-electron chi connectivity index (χ4n) is 5.24. The Kier molecular flexibility index (Phi) is 6.23. The van der Waals surface area contributed by atoms with Gasteiger partial charge in [-0.3, -0.25) is 9.59 Å². The number of likely N-dealkylation sites (tertiary alicyclic amines) is 2. The number of carbonyl (C=O) groups is 2. The predicted octanol–water partition coefficient (Wildman–Crippen LogP) is 3.21. The predicted molar refractivity (Wildman–Crippen MR) is 114 cm³/mol. The van der Waals surface area contributed by atoms with Crippen LogP contribution in [0.2, 0.25) is 0 Å². The number of carbonyl (C=O) groups excluding carboxylic acids is 2. The molecular weight excluding hydrogens is 381 g/mol. The first kappa shape index (κ1) is 21.0. The Bertz CT molecular complexity index is 791. The SMILES string of the molecule is CC(=O)N1CCC(N2CCC3(CC=CCN(Cc4ccc(F)cc4)C3=O)CC2)CC1. The number of hydrogen-bond acceptors (Lipinski definition) is 3. The maximum absolute atomic E-state index is 13.5. The van der Waals surface area contributed by atoms with E-state index in [0.29, 0.717) is 19.1 Å². The fraction of sp³-hybridized carbons (Fsp3) is 0.583. The van der Waals surface area contributed by atoms with Crippen molar-refractivity contribution in [2.75, 3.05) is 32.7 Å². The molecule has 1 aromatic carbocycles. The molecule has 0 aliphatic carbocycles. The molecule has 0 N–H and O–H groups in total. The third kappa shape index (κ3) is 4.43. The van der Waals surface area contributed by atoms with E-state index in [1.54, 1.807) is 19.1 Å². The molecule has 3 aliphatic rings. The Morgan fingerprint density at radius 2 is 1.73 bits per heavy atom. The van der Waals surface area contributed by atoms with Crippen LogP contribution in [-0.4, -0.2) is 65.3 Å². The van der Waals surface area contributed by atoms with Crippen molar-refractivity contribution in [3.8, 4) is 0 Å². The second-order valence-electron chi connectivity index (χ2n) is 9.04. The van der Waals surface area contributed by atoms with Gasteiger partial charge in [-0.1, -0.05) is 24.3 Å². The average Bonchev–Trinajstić information content (AvgIpc) is 2.90. The molecular formula is C24H32FN3O2. The highest BCUT2D eigenvalue weighted by molar-refractivity contribution is 5.83. The zero-order chi connectivity index (χ0) is 21.1. The summed E-state index contributed by atoms with van der Waals surface area (Å²) >= 11 is 0. The van der Waals surface area contributed by atoms with E-state index in [1.165, 1.54) is 12.1 Å². The lowest BCUT2D eigenvalue weighted by molar-refractivity contribution is -0.145. The Balaban J connectivity index is 1.38. The van der Waals surface area contributed by atoms with Crippen LogP contribution in [0, 0.1) is 11.2 Å². The summed E-state index contributed by atoms with van der Waals surface area (Å²) < 4.78 is 13.2. The van der Waals surface area contributed by atoms with Crippen molar-refractivity contribution in [1.82, 2.24) is 14.7 Å². The van der Waals surface area contributed by atoms with E-state index in [4.69, 9.17) is 0 Å². The van der Waals surface area contributed by atoms with Crippen LogP contribution in [0.1, 0.15) is 44.6 Å². The quantitative estimate of drug-likeness (QED) is 0.715. The molecule has 2 saturated heterocycles. The van der Waals surface area contributed by atoms with Crippen LogP contribution in [0.4, 0.5) is 4.39 Å². The largest absolute Gasteiger partial charge is 0.343 e. The first-order valence-electron chi connectivity index (χ1n) is 11.2. The molecule has 0 atom stereocenters. The first-order valence-corrected chi connectivity index (χ1v) is 11.2. The number of piperidine rings is 2. The molecule has 0 aromatic heterocycles. The topological polar surface area (TPSA) is 43.9 Å². The molecule has 2 amide bonds. The number of rotatable bonds is 3. The highest BCUT2D eigenvalue weighted by atomic mass is 19.1. The van der Waals surface area contributed by atoms with Crippen molar-refractivity contribution in [1.29, 1.82) is 0 Å². The number of allylic oxidation sites excluding steroid dienone is 1. The van der Waals surface area contributed by atoms with Gasteiger partial charge in [0, 0.05) is 39.1 Å². The monoisotopic (exact) mass is 413 g/mol. The second kappa shape index (κ2) is 8.88. The Labute approximate surface area is 178 Å². The van der Waals surface area contributed by atoms with Crippen LogP contribution < -0.4 is 0 Å². The Morgan fingerprint density at radius 1 is 1.07 bits per heavy atom. The van der Waals surface area contributed by atoms with Crippen molar-refractivity contribution >= 4 is 11.8 Å². The molecule has 6 heteroatoms. The molecule has 5 nitrogen and oxygen atoms in total. The van der Waals surface area contributed by atoms with E-state index in [9.17, 15) is 14.0 Å². The van der Waals surface area contributed by atoms with Gasteiger partial charge in [0.25, 0.3) is 0 Å². The van der Waals surface area contributed by atoms with Crippen LogP contribution in [0.5, 0.6) is 0 Å². The highest BCUT2D eigenvalue weighted by Gasteiger charge is 2.44. The lowest BCUT2D eigenvalue weighted by atomic mass is 9.74. The van der Waals surface area contributed by atoms with Gasteiger partial charge in [0.1, 0.15) is 5.82 Å². The lowest BCUT2D eigenvalue weighted by Gasteiger charge is -2.46. The van der Waals surface area contributed by atoms with E-state index in [1.807, 2.05) is 9.80 Å². The minimum absolute atomic E-state index is 0.170. The molecule has 162 valence electrons. The van der Waals surface area contributed by atoms with E-state index < -0.39 is 0 Å². The van der Waals surface area contributed by atoms with Crippen LogP contribution in [-0.2, 0) is 16.1 Å². The molecule has 0 radical (unpaired) electrons. The molecule has 0 bridgehead atoms. The summed E-state index contributed by atoms with van der Waals surface area (Å²) in [4.78, 5) is 31.5. The zero-order valence-electron chi connectivity index (χ0n) is 17.9. The molecule has 0 unspecified atom stereocenters. The number of nitrogens with zero attached hydrogens (tertiary/aromatic N) is 3. The summed E-state index contributed by atoms with van der Waals surface area (Å²) in [6.07, 6.45) is 8.88. The number of halogens is 1. The smallest absolute Gasteiger partial charge is 0.229 e. The zero-order valence-corrected chi connectivity index (χ0v) is 17.9. The molecule has 1 spiro atoms. The van der Waals surface area contributed by atoms with E-state index in [2.05, 4.69) is 17.1 Å². The molecule has 2 fully saturated rings. The van der Waals surface area contributed by atoms with E-state index in [-0.39, 0.29) is 23.0 Å². The fourth-order valence-corrected chi connectivity index (χ4v) is 5.24. The summed E-state index contributed by atoms with van der Waals surface area (Å²) in [5.74, 6) is 0.157. The van der Waals surface area contributed by atoms with Gasteiger partial charge >= 0.3 is 0 Å². The molecule has 0 saturated carbocycles. The minimum atomic E-state index is -0.316. The standard InChI is InChI=1S/C24H32FN3O2/c1-19(29)26-14-8-22(9-15-26)27-16-11-24(12-17-27)10-2-3-13-28(23(24)30)18-20-4-6-21(25)7-5-20/h2-7,22H,8-18H2,1H3. The van der Waals surface area contributed by atoms with Gasteiger partial charge in [0.05, 0.1) is 5.41 Å². The molecule has 1 aromatic rings. The van der Waals surface area contributed by atoms with E-state index >= 15 is 0 Å². The van der Waals surface area contributed by atoms with Crippen molar-refractivity contribution in [3.05, 3.63) is 47.8 Å². The van der Waals surface area contributed by atoms with Gasteiger partial charge in [-0.25, -0.2) is 4.39 Å². The van der Waals surface area contributed by atoms with Gasteiger partial charge in [-0.2, -0.15) is 0 Å². The van der Waals surface area contributed by atoms with Crippen molar-refractivity contribution in [3.63, 3.8) is 0 Å². The lowest BCUT2D eigenvalue weighted by Crippen LogP contribution is -2.53. The summed E-state index contributed by atoms with van der Waals surface area (Å²) in [6.45, 7) is 6.35. The highest BCUT2D eigenvalue weighted by Crippen LogP contribution is 2.40.